The molecule has 1 aromatic heterocycles. The van der Waals surface area contributed by atoms with E-state index in [9.17, 15) is 5.11 Å². The number of nitrogens with one attached hydrogen (secondary N) is 1. The normalized spacial score (nSPS) is 13.7. The van der Waals surface area contributed by atoms with Gasteiger partial charge in [0, 0.05) is 30.0 Å². The van der Waals surface area contributed by atoms with Crippen molar-refractivity contribution in [2.45, 2.75) is 19.1 Å². The number of pyridine rings is 1. The molecule has 0 saturated heterocycles. The van der Waals surface area contributed by atoms with Crippen LogP contribution in [0.5, 0.6) is 5.75 Å². The first-order chi connectivity index (χ1) is 10.1. The molecule has 5 heteroatoms. The van der Waals surface area contributed by atoms with Gasteiger partial charge in [0.2, 0.25) is 0 Å². The van der Waals surface area contributed by atoms with E-state index in [1.165, 1.54) is 0 Å². The van der Waals surface area contributed by atoms with Gasteiger partial charge >= 0.3 is 0 Å². The highest BCUT2D eigenvalue weighted by Gasteiger charge is 2.09. The van der Waals surface area contributed by atoms with E-state index in [2.05, 4.69) is 10.3 Å². The second-order valence-electron chi connectivity index (χ2n) is 4.83. The van der Waals surface area contributed by atoms with Crippen LogP contribution in [0.2, 0.25) is 5.02 Å². The van der Waals surface area contributed by atoms with E-state index in [0.717, 1.165) is 5.56 Å². The second kappa shape index (κ2) is 7.98. The Balaban J connectivity index is 1.73. The van der Waals surface area contributed by atoms with Crippen molar-refractivity contribution in [3.05, 3.63) is 59.4 Å². The molecule has 0 aliphatic rings. The molecule has 0 spiro atoms. The van der Waals surface area contributed by atoms with Gasteiger partial charge in [-0.1, -0.05) is 17.7 Å². The van der Waals surface area contributed by atoms with Crippen molar-refractivity contribution in [2.75, 3.05) is 13.2 Å². The molecular weight excluding hydrogens is 288 g/mol. The molecule has 2 rings (SSSR count). The van der Waals surface area contributed by atoms with Crippen molar-refractivity contribution < 1.29 is 9.84 Å². The van der Waals surface area contributed by atoms with Gasteiger partial charge in [0.15, 0.2) is 0 Å². The second-order valence-corrected chi connectivity index (χ2v) is 5.27. The third-order valence-electron chi connectivity index (χ3n) is 3.10. The number of hydrogen-bond donors (Lipinski definition) is 2. The number of ether oxygens (including phenoxy) is 1. The SMILES string of the molecule is C[C@H](NCC(O)COc1cccc(Cl)c1)c1ccncc1. The van der Waals surface area contributed by atoms with Crippen molar-refractivity contribution >= 4 is 11.6 Å². The third-order valence-corrected chi connectivity index (χ3v) is 3.34. The van der Waals surface area contributed by atoms with E-state index in [1.54, 1.807) is 24.5 Å². The van der Waals surface area contributed by atoms with E-state index in [0.29, 0.717) is 17.3 Å². The van der Waals surface area contributed by atoms with Crippen LogP contribution in [0.4, 0.5) is 0 Å². The molecule has 0 saturated carbocycles. The Kier molecular flexibility index (Phi) is 5.99. The van der Waals surface area contributed by atoms with Crippen molar-refractivity contribution in [3.8, 4) is 5.75 Å². The summed E-state index contributed by atoms with van der Waals surface area (Å²) in [5.74, 6) is 0.656. The molecule has 112 valence electrons. The molecule has 4 nitrogen and oxygen atoms in total. The Morgan fingerprint density at radius 1 is 1.29 bits per heavy atom. The standard InChI is InChI=1S/C16H19ClN2O2/c1-12(13-5-7-18-8-6-13)19-10-15(20)11-21-16-4-2-3-14(17)9-16/h2-9,12,15,19-20H,10-11H2,1H3/t12-,15?/m0/s1. The maximum Gasteiger partial charge on any atom is 0.120 e. The summed E-state index contributed by atoms with van der Waals surface area (Å²) in [6, 6.07) is 11.2. The summed E-state index contributed by atoms with van der Waals surface area (Å²) in [6.45, 7) is 2.71. The van der Waals surface area contributed by atoms with Gasteiger partial charge in [0.1, 0.15) is 18.5 Å². The molecular formula is C16H19ClN2O2. The van der Waals surface area contributed by atoms with E-state index in [4.69, 9.17) is 16.3 Å². The number of aliphatic hydroxyl groups is 1. The van der Waals surface area contributed by atoms with Crippen LogP contribution in [0.15, 0.2) is 48.8 Å². The molecule has 0 fully saturated rings. The molecule has 2 atom stereocenters. The highest BCUT2D eigenvalue weighted by atomic mass is 35.5. The summed E-state index contributed by atoms with van der Waals surface area (Å²) < 4.78 is 5.50. The van der Waals surface area contributed by atoms with Crippen LogP contribution >= 0.6 is 11.6 Å². The summed E-state index contributed by atoms with van der Waals surface area (Å²) in [5, 5.41) is 13.8. The van der Waals surface area contributed by atoms with Gasteiger partial charge in [-0.2, -0.15) is 0 Å². The predicted octanol–water partition coefficient (Wildman–Crippen LogP) is 2.83. The minimum absolute atomic E-state index is 0.147. The first kappa shape index (κ1) is 15.8. The highest BCUT2D eigenvalue weighted by Crippen LogP contribution is 2.17. The molecule has 0 aliphatic carbocycles. The Hall–Kier alpha value is -1.62. The number of benzene rings is 1. The maximum atomic E-state index is 9.94. The Bertz CT molecular complexity index is 551. The number of rotatable bonds is 7. The predicted molar refractivity (Wildman–Crippen MR) is 83.6 cm³/mol. The molecule has 2 N–H and O–H groups in total. The molecule has 0 aliphatic heterocycles. The van der Waals surface area contributed by atoms with Gasteiger partial charge in [-0.15, -0.1) is 0 Å². The average molecular weight is 307 g/mol. The monoisotopic (exact) mass is 306 g/mol. The van der Waals surface area contributed by atoms with Crippen LogP contribution in [-0.2, 0) is 0 Å². The molecule has 1 aromatic carbocycles. The van der Waals surface area contributed by atoms with Crippen LogP contribution in [-0.4, -0.2) is 29.3 Å². The zero-order chi connectivity index (χ0) is 15.1. The molecule has 21 heavy (non-hydrogen) atoms. The van der Waals surface area contributed by atoms with Crippen molar-refractivity contribution in [1.29, 1.82) is 0 Å². The summed E-state index contributed by atoms with van der Waals surface area (Å²) in [5.41, 5.74) is 1.13. The van der Waals surface area contributed by atoms with E-state index >= 15 is 0 Å². The van der Waals surface area contributed by atoms with E-state index in [-0.39, 0.29) is 12.6 Å². The lowest BCUT2D eigenvalue weighted by Crippen LogP contribution is -2.33. The molecule has 1 heterocycles. The smallest absolute Gasteiger partial charge is 0.120 e. The van der Waals surface area contributed by atoms with Gasteiger partial charge in [0.05, 0.1) is 0 Å². The number of nitrogens with zero attached hydrogens (tertiary/aromatic N) is 1. The first-order valence-corrected chi connectivity index (χ1v) is 7.22. The maximum absolute atomic E-state index is 9.94. The van der Waals surface area contributed by atoms with Gasteiger partial charge in [-0.3, -0.25) is 4.98 Å². The molecule has 2 aromatic rings. The largest absolute Gasteiger partial charge is 0.491 e. The Morgan fingerprint density at radius 3 is 2.76 bits per heavy atom. The average Bonchev–Trinajstić information content (AvgIpc) is 2.51. The lowest BCUT2D eigenvalue weighted by atomic mass is 10.1. The molecule has 0 amide bonds. The van der Waals surface area contributed by atoms with Crippen molar-refractivity contribution in [3.63, 3.8) is 0 Å². The minimum Gasteiger partial charge on any atom is -0.491 e. The molecule has 1 unspecified atom stereocenters. The summed E-state index contributed by atoms with van der Waals surface area (Å²) in [7, 11) is 0. The first-order valence-electron chi connectivity index (χ1n) is 6.85. The quantitative estimate of drug-likeness (QED) is 0.826. The number of aliphatic hydroxyl groups excluding tert-OH is 1. The van der Waals surface area contributed by atoms with Gasteiger partial charge in [0.25, 0.3) is 0 Å². The van der Waals surface area contributed by atoms with Gasteiger partial charge in [-0.25, -0.2) is 0 Å². The van der Waals surface area contributed by atoms with Crippen LogP contribution in [0.1, 0.15) is 18.5 Å². The fourth-order valence-corrected chi connectivity index (χ4v) is 2.07. The topological polar surface area (TPSA) is 54.4 Å². The third kappa shape index (κ3) is 5.34. The Labute approximate surface area is 129 Å². The van der Waals surface area contributed by atoms with E-state index in [1.807, 2.05) is 31.2 Å². The zero-order valence-electron chi connectivity index (χ0n) is 11.9. The van der Waals surface area contributed by atoms with Crippen molar-refractivity contribution in [1.82, 2.24) is 10.3 Å². The van der Waals surface area contributed by atoms with Gasteiger partial charge in [-0.05, 0) is 42.8 Å². The van der Waals surface area contributed by atoms with Gasteiger partial charge < -0.3 is 15.2 Å². The number of aromatic nitrogens is 1. The number of halogens is 1. The van der Waals surface area contributed by atoms with Crippen LogP contribution in [0.3, 0.4) is 0 Å². The summed E-state index contributed by atoms with van der Waals surface area (Å²) in [4.78, 5) is 3.99. The fraction of sp³-hybridized carbons (Fsp3) is 0.312. The van der Waals surface area contributed by atoms with Crippen LogP contribution < -0.4 is 10.1 Å². The van der Waals surface area contributed by atoms with Crippen LogP contribution in [0, 0.1) is 0 Å². The lowest BCUT2D eigenvalue weighted by molar-refractivity contribution is 0.104. The molecule has 0 radical (unpaired) electrons. The summed E-state index contributed by atoms with van der Waals surface area (Å²) in [6.07, 6.45) is 2.92. The lowest BCUT2D eigenvalue weighted by Gasteiger charge is -2.18. The van der Waals surface area contributed by atoms with E-state index < -0.39 is 6.10 Å². The number of hydrogen-bond acceptors (Lipinski definition) is 4. The molecule has 0 bridgehead atoms. The van der Waals surface area contributed by atoms with Crippen molar-refractivity contribution in [2.24, 2.45) is 0 Å². The fourth-order valence-electron chi connectivity index (χ4n) is 1.89. The summed E-state index contributed by atoms with van der Waals surface area (Å²) >= 11 is 5.87. The van der Waals surface area contributed by atoms with Crippen LogP contribution in [0.25, 0.3) is 0 Å². The minimum atomic E-state index is -0.590. The zero-order valence-corrected chi connectivity index (χ0v) is 12.6. The highest BCUT2D eigenvalue weighted by molar-refractivity contribution is 6.30. The Morgan fingerprint density at radius 2 is 2.05 bits per heavy atom.